The molecular formula is C17H25NO2. The summed E-state index contributed by atoms with van der Waals surface area (Å²) in [5.74, 6) is 0.755. The Kier molecular flexibility index (Phi) is 5.18. The number of aliphatic hydroxyl groups is 1. The third-order valence-corrected chi connectivity index (χ3v) is 4.49. The van der Waals surface area contributed by atoms with Crippen molar-refractivity contribution in [2.24, 2.45) is 11.8 Å². The van der Waals surface area contributed by atoms with E-state index in [1.54, 1.807) is 0 Å². The summed E-state index contributed by atoms with van der Waals surface area (Å²) in [6.07, 6.45) is 1.91. The van der Waals surface area contributed by atoms with Crippen molar-refractivity contribution in [1.29, 1.82) is 0 Å². The molecule has 110 valence electrons. The molecule has 1 aromatic carbocycles. The second-order valence-electron chi connectivity index (χ2n) is 5.90. The fourth-order valence-corrected chi connectivity index (χ4v) is 2.99. The zero-order valence-corrected chi connectivity index (χ0v) is 12.5. The van der Waals surface area contributed by atoms with E-state index in [4.69, 9.17) is 0 Å². The number of hydrogen-bond donors (Lipinski definition) is 1. The van der Waals surface area contributed by atoms with Crippen LogP contribution in [0.25, 0.3) is 0 Å². The fraction of sp³-hybridized carbons (Fsp3) is 0.588. The Hall–Kier alpha value is -1.35. The van der Waals surface area contributed by atoms with Gasteiger partial charge in [-0.1, -0.05) is 50.6 Å². The summed E-state index contributed by atoms with van der Waals surface area (Å²) in [7, 11) is 0. The van der Waals surface area contributed by atoms with Gasteiger partial charge in [0.25, 0.3) is 0 Å². The molecule has 0 aliphatic carbocycles. The second-order valence-corrected chi connectivity index (χ2v) is 5.90. The number of aliphatic hydroxyl groups excluding tert-OH is 1. The van der Waals surface area contributed by atoms with Gasteiger partial charge in [-0.05, 0) is 17.9 Å². The molecule has 1 amide bonds. The molecule has 0 spiro atoms. The summed E-state index contributed by atoms with van der Waals surface area (Å²) in [6, 6.07) is 10.1. The van der Waals surface area contributed by atoms with Crippen molar-refractivity contribution in [2.75, 3.05) is 19.7 Å². The normalized spacial score (nSPS) is 21.8. The Balaban J connectivity index is 2.17. The van der Waals surface area contributed by atoms with Gasteiger partial charge in [0.05, 0.1) is 5.92 Å². The molecule has 0 bridgehead atoms. The molecule has 3 nitrogen and oxygen atoms in total. The minimum absolute atomic E-state index is 0.0568. The van der Waals surface area contributed by atoms with Gasteiger partial charge in [-0.2, -0.15) is 0 Å². The average molecular weight is 275 g/mol. The van der Waals surface area contributed by atoms with Crippen LogP contribution in [-0.4, -0.2) is 35.6 Å². The van der Waals surface area contributed by atoms with E-state index in [1.807, 2.05) is 35.2 Å². The number of carbonyl (C=O) groups is 1. The molecule has 1 fully saturated rings. The van der Waals surface area contributed by atoms with Crippen molar-refractivity contribution in [3.05, 3.63) is 35.9 Å². The van der Waals surface area contributed by atoms with Crippen LogP contribution in [0, 0.1) is 11.8 Å². The number of benzene rings is 1. The highest BCUT2D eigenvalue weighted by Gasteiger charge is 2.33. The lowest BCUT2D eigenvalue weighted by Gasteiger charge is -2.28. The summed E-state index contributed by atoms with van der Waals surface area (Å²) < 4.78 is 0. The third kappa shape index (κ3) is 3.21. The van der Waals surface area contributed by atoms with Crippen LogP contribution >= 0.6 is 0 Å². The first-order chi connectivity index (χ1) is 9.67. The maximum atomic E-state index is 12.9. The molecule has 0 saturated carbocycles. The van der Waals surface area contributed by atoms with E-state index in [0.29, 0.717) is 12.5 Å². The fourth-order valence-electron chi connectivity index (χ4n) is 2.99. The van der Waals surface area contributed by atoms with Gasteiger partial charge in [-0.25, -0.2) is 0 Å². The molecule has 20 heavy (non-hydrogen) atoms. The zero-order valence-electron chi connectivity index (χ0n) is 12.5. The summed E-state index contributed by atoms with van der Waals surface area (Å²) in [6.45, 7) is 5.95. The molecule has 2 rings (SSSR count). The number of likely N-dealkylation sites (tertiary alicyclic amines) is 1. The molecule has 1 aliphatic rings. The van der Waals surface area contributed by atoms with E-state index in [-0.39, 0.29) is 24.3 Å². The van der Waals surface area contributed by atoms with Crippen LogP contribution in [0.4, 0.5) is 0 Å². The van der Waals surface area contributed by atoms with Crippen LogP contribution < -0.4 is 0 Å². The number of rotatable bonds is 5. The molecule has 1 saturated heterocycles. The summed E-state index contributed by atoms with van der Waals surface area (Å²) >= 11 is 0. The van der Waals surface area contributed by atoms with Crippen molar-refractivity contribution >= 4 is 5.91 Å². The van der Waals surface area contributed by atoms with E-state index in [9.17, 15) is 9.90 Å². The molecule has 0 aromatic heterocycles. The lowest BCUT2D eigenvalue weighted by atomic mass is 9.84. The number of carbonyl (C=O) groups excluding carboxylic acids is 1. The number of nitrogens with zero attached hydrogens (tertiary/aromatic N) is 1. The van der Waals surface area contributed by atoms with Gasteiger partial charge in [-0.15, -0.1) is 0 Å². The number of hydrogen-bond acceptors (Lipinski definition) is 2. The van der Waals surface area contributed by atoms with Gasteiger partial charge in [0.15, 0.2) is 0 Å². The summed E-state index contributed by atoms with van der Waals surface area (Å²) in [4.78, 5) is 14.8. The molecule has 3 heteroatoms. The Morgan fingerprint density at radius 1 is 1.40 bits per heavy atom. The standard InChI is InChI=1S/C17H25NO2/c1-3-13(2)16(15-7-5-4-6-8-15)17(20)18-10-9-14(11-18)12-19/h4-8,13-14,16,19H,3,9-12H2,1-2H3. The molecule has 1 aromatic rings. The second kappa shape index (κ2) is 6.89. The van der Waals surface area contributed by atoms with Gasteiger partial charge in [0.1, 0.15) is 0 Å². The SMILES string of the molecule is CCC(C)C(C(=O)N1CCC(CO)C1)c1ccccc1. The van der Waals surface area contributed by atoms with E-state index in [2.05, 4.69) is 13.8 Å². The molecule has 1 N–H and O–H groups in total. The monoisotopic (exact) mass is 275 g/mol. The number of amides is 1. The Morgan fingerprint density at radius 2 is 2.10 bits per heavy atom. The summed E-state index contributed by atoms with van der Waals surface area (Å²) in [5, 5.41) is 9.24. The van der Waals surface area contributed by atoms with Crippen molar-refractivity contribution in [2.45, 2.75) is 32.6 Å². The van der Waals surface area contributed by atoms with Crippen LogP contribution in [-0.2, 0) is 4.79 Å². The van der Waals surface area contributed by atoms with Gasteiger partial charge in [0, 0.05) is 25.6 Å². The van der Waals surface area contributed by atoms with E-state index in [1.165, 1.54) is 0 Å². The maximum Gasteiger partial charge on any atom is 0.230 e. The van der Waals surface area contributed by atoms with Crippen molar-refractivity contribution in [1.82, 2.24) is 4.90 Å². The topological polar surface area (TPSA) is 40.5 Å². The highest BCUT2D eigenvalue weighted by Crippen LogP contribution is 2.31. The van der Waals surface area contributed by atoms with E-state index >= 15 is 0 Å². The van der Waals surface area contributed by atoms with Crippen molar-refractivity contribution in [3.63, 3.8) is 0 Å². The van der Waals surface area contributed by atoms with Crippen LogP contribution in [0.1, 0.15) is 38.2 Å². The van der Waals surface area contributed by atoms with Crippen LogP contribution in [0.5, 0.6) is 0 Å². The van der Waals surface area contributed by atoms with Gasteiger partial charge >= 0.3 is 0 Å². The van der Waals surface area contributed by atoms with Crippen LogP contribution in [0.2, 0.25) is 0 Å². The smallest absolute Gasteiger partial charge is 0.230 e. The maximum absolute atomic E-state index is 12.9. The van der Waals surface area contributed by atoms with Crippen LogP contribution in [0.3, 0.4) is 0 Å². The highest BCUT2D eigenvalue weighted by molar-refractivity contribution is 5.84. The molecule has 0 radical (unpaired) electrons. The largest absolute Gasteiger partial charge is 0.396 e. The molecule has 1 aliphatic heterocycles. The molecular weight excluding hydrogens is 250 g/mol. The van der Waals surface area contributed by atoms with E-state index in [0.717, 1.165) is 24.9 Å². The quantitative estimate of drug-likeness (QED) is 0.897. The minimum Gasteiger partial charge on any atom is -0.396 e. The van der Waals surface area contributed by atoms with E-state index < -0.39 is 0 Å². The predicted molar refractivity (Wildman–Crippen MR) is 80.4 cm³/mol. The first kappa shape index (κ1) is 15.0. The average Bonchev–Trinajstić information content (AvgIpc) is 2.97. The van der Waals surface area contributed by atoms with Crippen LogP contribution in [0.15, 0.2) is 30.3 Å². The minimum atomic E-state index is -0.0568. The van der Waals surface area contributed by atoms with Gasteiger partial charge in [-0.3, -0.25) is 4.79 Å². The Bertz CT molecular complexity index is 432. The van der Waals surface area contributed by atoms with Crippen molar-refractivity contribution in [3.8, 4) is 0 Å². The molecule has 3 atom stereocenters. The third-order valence-electron chi connectivity index (χ3n) is 4.49. The Labute approximate surface area is 121 Å². The zero-order chi connectivity index (χ0) is 14.5. The molecule has 3 unspecified atom stereocenters. The van der Waals surface area contributed by atoms with Gasteiger partial charge < -0.3 is 10.0 Å². The highest BCUT2D eigenvalue weighted by atomic mass is 16.3. The molecule has 1 heterocycles. The lowest BCUT2D eigenvalue weighted by molar-refractivity contribution is -0.133. The first-order valence-electron chi connectivity index (χ1n) is 7.62. The Morgan fingerprint density at radius 3 is 2.65 bits per heavy atom. The van der Waals surface area contributed by atoms with Gasteiger partial charge in [0.2, 0.25) is 5.91 Å². The first-order valence-corrected chi connectivity index (χ1v) is 7.62. The lowest BCUT2D eigenvalue weighted by Crippen LogP contribution is -2.36. The predicted octanol–water partition coefficient (Wildman–Crippen LogP) is 2.66. The van der Waals surface area contributed by atoms with Crippen molar-refractivity contribution < 1.29 is 9.90 Å². The summed E-state index contributed by atoms with van der Waals surface area (Å²) in [5.41, 5.74) is 1.11.